The molecule has 0 atom stereocenters. The number of rotatable bonds is 7. The van der Waals surface area contributed by atoms with Crippen LogP contribution >= 0.6 is 0 Å². The molecule has 0 radical (unpaired) electrons. The molecule has 1 aromatic heterocycles. The monoisotopic (exact) mass is 327 g/mol. The Morgan fingerprint density at radius 3 is 3.00 bits per heavy atom. The molecule has 0 aliphatic carbocycles. The van der Waals surface area contributed by atoms with Gasteiger partial charge >= 0.3 is 0 Å². The van der Waals surface area contributed by atoms with Crippen molar-refractivity contribution in [2.24, 2.45) is 0 Å². The summed E-state index contributed by atoms with van der Waals surface area (Å²) in [4.78, 5) is 6.64. The van der Waals surface area contributed by atoms with Gasteiger partial charge in [0.25, 0.3) is 0 Å². The number of hydrogen-bond donors (Lipinski definition) is 1. The Hall–Kier alpha value is -2.11. The summed E-state index contributed by atoms with van der Waals surface area (Å²) in [7, 11) is 3.76. The summed E-state index contributed by atoms with van der Waals surface area (Å²) in [6.07, 6.45) is 2.89. The molecule has 0 unspecified atom stereocenters. The van der Waals surface area contributed by atoms with Gasteiger partial charge in [-0.3, -0.25) is 0 Å². The second-order valence-corrected chi connectivity index (χ2v) is 6.03. The van der Waals surface area contributed by atoms with Crippen molar-refractivity contribution in [1.82, 2.24) is 4.98 Å². The fourth-order valence-corrected chi connectivity index (χ4v) is 2.89. The van der Waals surface area contributed by atoms with E-state index in [2.05, 4.69) is 39.5 Å². The molecule has 1 aliphatic heterocycles. The quantitative estimate of drug-likeness (QED) is 0.847. The van der Waals surface area contributed by atoms with E-state index in [1.54, 1.807) is 7.11 Å². The Labute approximate surface area is 143 Å². The molecule has 128 valence electrons. The standard InChI is InChI=1S/C19H25N3O2/c1-22(9-11-23-2)17-6-7-19(21-13-17)20-12-16-5-3-4-15-8-10-24-14-18(15)16/h3-7,13H,8-12,14H2,1-2H3,(H,20,21). The van der Waals surface area contributed by atoms with Crippen LogP contribution in [-0.4, -0.2) is 38.9 Å². The third-order valence-electron chi connectivity index (χ3n) is 4.41. The number of fused-ring (bicyclic) bond motifs is 1. The molecule has 24 heavy (non-hydrogen) atoms. The van der Waals surface area contributed by atoms with Gasteiger partial charge in [-0.05, 0) is 35.2 Å². The summed E-state index contributed by atoms with van der Waals surface area (Å²) in [5.41, 5.74) is 5.11. The van der Waals surface area contributed by atoms with Crippen LogP contribution in [0.25, 0.3) is 0 Å². The van der Waals surface area contributed by atoms with Crippen molar-refractivity contribution in [1.29, 1.82) is 0 Å². The maximum atomic E-state index is 5.60. The second kappa shape index (κ2) is 8.13. The van der Waals surface area contributed by atoms with Crippen LogP contribution in [0.1, 0.15) is 16.7 Å². The van der Waals surface area contributed by atoms with Gasteiger partial charge < -0.3 is 19.7 Å². The van der Waals surface area contributed by atoms with Gasteiger partial charge in [0.05, 0.1) is 31.7 Å². The van der Waals surface area contributed by atoms with Gasteiger partial charge in [-0.2, -0.15) is 0 Å². The number of benzene rings is 1. The van der Waals surface area contributed by atoms with Crippen LogP contribution in [0.15, 0.2) is 36.5 Å². The predicted octanol–water partition coefficient (Wildman–Crippen LogP) is 2.85. The van der Waals surface area contributed by atoms with Crippen LogP contribution in [-0.2, 0) is 29.0 Å². The number of ether oxygens (including phenoxy) is 2. The molecule has 5 nitrogen and oxygen atoms in total. The molecule has 3 rings (SSSR count). The molecule has 0 saturated carbocycles. The third-order valence-corrected chi connectivity index (χ3v) is 4.41. The van der Waals surface area contributed by atoms with Crippen molar-refractivity contribution in [3.05, 3.63) is 53.2 Å². The first-order valence-corrected chi connectivity index (χ1v) is 8.35. The molecule has 5 heteroatoms. The summed E-state index contributed by atoms with van der Waals surface area (Å²) in [6, 6.07) is 10.6. The Balaban J connectivity index is 1.61. The van der Waals surface area contributed by atoms with E-state index in [4.69, 9.17) is 9.47 Å². The van der Waals surface area contributed by atoms with Crippen molar-refractivity contribution in [2.75, 3.05) is 44.1 Å². The van der Waals surface area contributed by atoms with Gasteiger partial charge in [-0.25, -0.2) is 4.98 Å². The van der Waals surface area contributed by atoms with Gasteiger partial charge in [0, 0.05) is 27.2 Å². The average molecular weight is 327 g/mol. The van der Waals surface area contributed by atoms with E-state index in [1.807, 2.05) is 19.3 Å². The van der Waals surface area contributed by atoms with Gasteiger partial charge in [0.1, 0.15) is 5.82 Å². The highest BCUT2D eigenvalue weighted by atomic mass is 16.5. The maximum absolute atomic E-state index is 5.60. The van der Waals surface area contributed by atoms with Crippen molar-refractivity contribution in [2.45, 2.75) is 19.6 Å². The second-order valence-electron chi connectivity index (χ2n) is 6.03. The lowest BCUT2D eigenvalue weighted by Gasteiger charge is -2.20. The predicted molar refractivity (Wildman–Crippen MR) is 96.5 cm³/mol. The van der Waals surface area contributed by atoms with Gasteiger partial charge in [-0.15, -0.1) is 0 Å². The molecule has 0 amide bonds. The first kappa shape index (κ1) is 16.7. The normalized spacial score (nSPS) is 13.4. The first-order chi connectivity index (χ1) is 11.8. The van der Waals surface area contributed by atoms with Gasteiger partial charge in [0.2, 0.25) is 0 Å². The summed E-state index contributed by atoms with van der Waals surface area (Å²) in [5, 5.41) is 3.41. The smallest absolute Gasteiger partial charge is 0.126 e. The van der Waals surface area contributed by atoms with E-state index in [-0.39, 0.29) is 0 Å². The zero-order valence-corrected chi connectivity index (χ0v) is 14.4. The summed E-state index contributed by atoms with van der Waals surface area (Å²) >= 11 is 0. The van der Waals surface area contributed by atoms with Crippen LogP contribution in [0.3, 0.4) is 0 Å². The molecule has 0 saturated heterocycles. The number of pyridine rings is 1. The number of likely N-dealkylation sites (N-methyl/N-ethyl adjacent to an activating group) is 1. The minimum atomic E-state index is 0.706. The van der Waals surface area contributed by atoms with Crippen molar-refractivity contribution in [3.8, 4) is 0 Å². The Kier molecular flexibility index (Phi) is 5.67. The van der Waals surface area contributed by atoms with Crippen LogP contribution in [0.4, 0.5) is 11.5 Å². The van der Waals surface area contributed by atoms with E-state index < -0.39 is 0 Å². The molecular weight excluding hydrogens is 302 g/mol. The lowest BCUT2D eigenvalue weighted by atomic mass is 9.98. The van der Waals surface area contributed by atoms with Crippen LogP contribution in [0, 0.1) is 0 Å². The topological polar surface area (TPSA) is 46.6 Å². The number of aromatic nitrogens is 1. The Bertz CT molecular complexity index is 658. The third kappa shape index (κ3) is 4.04. The van der Waals surface area contributed by atoms with Crippen molar-refractivity contribution in [3.63, 3.8) is 0 Å². The highest BCUT2D eigenvalue weighted by Gasteiger charge is 2.13. The molecule has 1 N–H and O–H groups in total. The molecule has 0 fully saturated rings. The summed E-state index contributed by atoms with van der Waals surface area (Å²) in [6.45, 7) is 3.85. The van der Waals surface area contributed by atoms with Gasteiger partial charge in [-0.1, -0.05) is 18.2 Å². The van der Waals surface area contributed by atoms with E-state index in [1.165, 1.54) is 16.7 Å². The molecule has 0 bridgehead atoms. The number of methoxy groups -OCH3 is 1. The Morgan fingerprint density at radius 1 is 1.29 bits per heavy atom. The lowest BCUT2D eigenvalue weighted by molar-refractivity contribution is 0.110. The average Bonchev–Trinajstić information content (AvgIpc) is 2.64. The van der Waals surface area contributed by atoms with E-state index in [9.17, 15) is 0 Å². The van der Waals surface area contributed by atoms with E-state index >= 15 is 0 Å². The molecular formula is C19H25N3O2. The SMILES string of the molecule is COCCN(C)c1ccc(NCc2cccc3c2COCC3)nc1. The highest BCUT2D eigenvalue weighted by molar-refractivity contribution is 5.49. The maximum Gasteiger partial charge on any atom is 0.126 e. The van der Waals surface area contributed by atoms with Gasteiger partial charge in [0.15, 0.2) is 0 Å². The number of anilines is 2. The van der Waals surface area contributed by atoms with Crippen LogP contribution in [0.5, 0.6) is 0 Å². The minimum absolute atomic E-state index is 0.706. The number of nitrogens with one attached hydrogen (secondary N) is 1. The molecule has 0 spiro atoms. The number of hydrogen-bond acceptors (Lipinski definition) is 5. The zero-order valence-electron chi connectivity index (χ0n) is 14.4. The summed E-state index contributed by atoms with van der Waals surface area (Å²) in [5.74, 6) is 0.883. The molecule has 1 aliphatic rings. The van der Waals surface area contributed by atoms with E-state index in [0.29, 0.717) is 13.2 Å². The lowest BCUT2D eigenvalue weighted by Crippen LogP contribution is -2.22. The largest absolute Gasteiger partial charge is 0.383 e. The van der Waals surface area contributed by atoms with E-state index in [0.717, 1.165) is 37.6 Å². The minimum Gasteiger partial charge on any atom is -0.383 e. The fourth-order valence-electron chi connectivity index (χ4n) is 2.89. The molecule has 2 aromatic rings. The van der Waals surface area contributed by atoms with Crippen LogP contribution in [0.2, 0.25) is 0 Å². The zero-order chi connectivity index (χ0) is 16.8. The van der Waals surface area contributed by atoms with Crippen molar-refractivity contribution < 1.29 is 9.47 Å². The molecule has 2 heterocycles. The Morgan fingerprint density at radius 2 is 2.21 bits per heavy atom. The highest BCUT2D eigenvalue weighted by Crippen LogP contribution is 2.22. The number of nitrogens with zero attached hydrogens (tertiary/aromatic N) is 2. The molecule has 1 aromatic carbocycles. The van der Waals surface area contributed by atoms with Crippen molar-refractivity contribution >= 4 is 11.5 Å². The fraction of sp³-hybridized carbons (Fsp3) is 0.421. The summed E-state index contributed by atoms with van der Waals surface area (Å²) < 4.78 is 10.7. The van der Waals surface area contributed by atoms with Crippen LogP contribution < -0.4 is 10.2 Å². The first-order valence-electron chi connectivity index (χ1n) is 8.35.